The van der Waals surface area contributed by atoms with E-state index in [2.05, 4.69) is 36.4 Å². The number of nitrogens with one attached hydrogen (secondary N) is 1. The van der Waals surface area contributed by atoms with E-state index in [1.54, 1.807) is 38.2 Å². The standard InChI is InChI=1S/C12H11BrN4O/c1-7-5-10(8(2)17-16-7)12(18)15-9-3-4-11(13)14-6-9/h3-6H,1-2H3,(H,15,18). The van der Waals surface area contributed by atoms with Crippen molar-refractivity contribution < 1.29 is 4.79 Å². The number of halogens is 1. The average molecular weight is 307 g/mol. The zero-order valence-corrected chi connectivity index (χ0v) is 11.5. The summed E-state index contributed by atoms with van der Waals surface area (Å²) >= 11 is 3.24. The Morgan fingerprint density at radius 3 is 2.72 bits per heavy atom. The Labute approximate surface area is 113 Å². The molecule has 0 saturated carbocycles. The summed E-state index contributed by atoms with van der Waals surface area (Å²) in [6, 6.07) is 5.24. The lowest BCUT2D eigenvalue weighted by atomic mass is 10.2. The summed E-state index contributed by atoms with van der Waals surface area (Å²) in [4.78, 5) is 16.1. The van der Waals surface area contributed by atoms with E-state index in [1.165, 1.54) is 0 Å². The first kappa shape index (κ1) is 12.6. The fourth-order valence-corrected chi connectivity index (χ4v) is 1.66. The zero-order chi connectivity index (χ0) is 13.1. The van der Waals surface area contributed by atoms with Gasteiger partial charge in [0, 0.05) is 0 Å². The monoisotopic (exact) mass is 306 g/mol. The van der Waals surface area contributed by atoms with Crippen LogP contribution in [-0.4, -0.2) is 21.1 Å². The maximum Gasteiger partial charge on any atom is 0.257 e. The largest absolute Gasteiger partial charge is 0.321 e. The molecule has 0 aliphatic rings. The van der Waals surface area contributed by atoms with Gasteiger partial charge in [0.05, 0.1) is 28.8 Å². The molecule has 2 heterocycles. The molecule has 2 aromatic rings. The Bertz CT molecular complexity index is 583. The minimum absolute atomic E-state index is 0.213. The number of aromatic nitrogens is 3. The summed E-state index contributed by atoms with van der Waals surface area (Å²) in [5.74, 6) is -0.213. The lowest BCUT2D eigenvalue weighted by molar-refractivity contribution is 0.102. The summed E-state index contributed by atoms with van der Waals surface area (Å²) in [7, 11) is 0. The van der Waals surface area contributed by atoms with Crippen molar-refractivity contribution in [3.8, 4) is 0 Å². The number of aryl methyl sites for hydroxylation is 2. The topological polar surface area (TPSA) is 67.8 Å². The molecule has 1 amide bonds. The highest BCUT2D eigenvalue weighted by Crippen LogP contribution is 2.13. The summed E-state index contributed by atoms with van der Waals surface area (Å²) in [5.41, 5.74) is 2.46. The lowest BCUT2D eigenvalue weighted by Gasteiger charge is -2.07. The minimum Gasteiger partial charge on any atom is -0.321 e. The molecule has 0 spiro atoms. The van der Waals surface area contributed by atoms with Crippen molar-refractivity contribution in [2.45, 2.75) is 13.8 Å². The normalized spacial score (nSPS) is 10.2. The van der Waals surface area contributed by atoms with Crippen LogP contribution in [0.4, 0.5) is 5.69 Å². The Hall–Kier alpha value is -1.82. The summed E-state index contributed by atoms with van der Waals surface area (Å²) in [6.45, 7) is 3.55. The van der Waals surface area contributed by atoms with Gasteiger partial charge in [-0.25, -0.2) is 4.98 Å². The quantitative estimate of drug-likeness (QED) is 0.866. The van der Waals surface area contributed by atoms with Crippen LogP contribution >= 0.6 is 15.9 Å². The Morgan fingerprint density at radius 1 is 1.28 bits per heavy atom. The van der Waals surface area contributed by atoms with Crippen molar-refractivity contribution in [1.29, 1.82) is 0 Å². The van der Waals surface area contributed by atoms with Gasteiger partial charge in [0.25, 0.3) is 5.91 Å². The third kappa shape index (κ3) is 2.89. The molecule has 2 aromatic heterocycles. The van der Waals surface area contributed by atoms with Gasteiger partial charge in [0.2, 0.25) is 0 Å². The van der Waals surface area contributed by atoms with Crippen molar-refractivity contribution in [1.82, 2.24) is 15.2 Å². The molecule has 2 rings (SSSR count). The molecule has 0 atom stereocenters. The van der Waals surface area contributed by atoms with E-state index in [0.717, 1.165) is 4.60 Å². The van der Waals surface area contributed by atoms with Gasteiger partial charge in [-0.05, 0) is 48.0 Å². The van der Waals surface area contributed by atoms with Crippen LogP contribution in [0.1, 0.15) is 21.7 Å². The second kappa shape index (κ2) is 5.22. The highest BCUT2D eigenvalue weighted by atomic mass is 79.9. The molecule has 0 aliphatic carbocycles. The number of pyridine rings is 1. The van der Waals surface area contributed by atoms with Crippen molar-refractivity contribution in [2.24, 2.45) is 0 Å². The first-order valence-corrected chi connectivity index (χ1v) is 6.09. The fraction of sp³-hybridized carbons (Fsp3) is 0.167. The number of nitrogens with zero attached hydrogens (tertiary/aromatic N) is 3. The molecular weight excluding hydrogens is 296 g/mol. The number of carbonyl (C=O) groups excluding carboxylic acids is 1. The Balaban J connectivity index is 2.21. The van der Waals surface area contributed by atoms with Gasteiger partial charge in [-0.15, -0.1) is 0 Å². The molecule has 0 fully saturated rings. The van der Waals surface area contributed by atoms with Crippen LogP contribution in [0.5, 0.6) is 0 Å². The maximum atomic E-state index is 12.1. The van der Waals surface area contributed by atoms with Crippen LogP contribution in [0.2, 0.25) is 0 Å². The molecule has 0 aromatic carbocycles. The smallest absolute Gasteiger partial charge is 0.257 e. The van der Waals surface area contributed by atoms with Gasteiger partial charge in [-0.2, -0.15) is 10.2 Å². The first-order chi connectivity index (χ1) is 8.56. The van der Waals surface area contributed by atoms with Gasteiger partial charge >= 0.3 is 0 Å². The number of hydrogen-bond donors (Lipinski definition) is 1. The van der Waals surface area contributed by atoms with Crippen molar-refractivity contribution in [2.75, 3.05) is 5.32 Å². The molecule has 0 saturated heterocycles. The Morgan fingerprint density at radius 2 is 2.06 bits per heavy atom. The molecule has 0 bridgehead atoms. The molecule has 92 valence electrons. The summed E-state index contributed by atoms with van der Waals surface area (Å²) in [6.07, 6.45) is 1.58. The third-order valence-corrected chi connectivity index (χ3v) is 2.80. The third-order valence-electron chi connectivity index (χ3n) is 2.33. The lowest BCUT2D eigenvalue weighted by Crippen LogP contribution is -2.15. The van der Waals surface area contributed by atoms with E-state index in [9.17, 15) is 4.79 Å². The number of hydrogen-bond acceptors (Lipinski definition) is 4. The highest BCUT2D eigenvalue weighted by molar-refractivity contribution is 9.10. The second-order valence-electron chi connectivity index (χ2n) is 3.81. The highest BCUT2D eigenvalue weighted by Gasteiger charge is 2.11. The maximum absolute atomic E-state index is 12.1. The van der Waals surface area contributed by atoms with Crippen molar-refractivity contribution in [3.05, 3.63) is 46.0 Å². The predicted octanol–water partition coefficient (Wildman–Crippen LogP) is 2.50. The molecular formula is C12H11BrN4O. The predicted molar refractivity (Wildman–Crippen MR) is 71.4 cm³/mol. The van der Waals surface area contributed by atoms with Crippen LogP contribution in [0.15, 0.2) is 29.0 Å². The van der Waals surface area contributed by atoms with E-state index in [0.29, 0.717) is 22.6 Å². The molecule has 18 heavy (non-hydrogen) atoms. The van der Waals surface area contributed by atoms with Gasteiger partial charge in [-0.1, -0.05) is 0 Å². The molecule has 0 unspecified atom stereocenters. The number of carbonyl (C=O) groups is 1. The van der Waals surface area contributed by atoms with Crippen LogP contribution in [0, 0.1) is 13.8 Å². The molecule has 1 N–H and O–H groups in total. The summed E-state index contributed by atoms with van der Waals surface area (Å²) < 4.78 is 0.720. The van der Waals surface area contributed by atoms with E-state index >= 15 is 0 Å². The molecule has 5 nitrogen and oxygen atoms in total. The van der Waals surface area contributed by atoms with E-state index < -0.39 is 0 Å². The van der Waals surface area contributed by atoms with E-state index in [-0.39, 0.29) is 5.91 Å². The molecule has 0 aliphatic heterocycles. The Kier molecular flexibility index (Phi) is 3.66. The zero-order valence-electron chi connectivity index (χ0n) is 9.94. The first-order valence-electron chi connectivity index (χ1n) is 5.30. The van der Waals surface area contributed by atoms with E-state index in [1.807, 2.05) is 0 Å². The van der Waals surface area contributed by atoms with Crippen LogP contribution in [0.25, 0.3) is 0 Å². The van der Waals surface area contributed by atoms with Gasteiger partial charge in [-0.3, -0.25) is 4.79 Å². The van der Waals surface area contributed by atoms with Crippen molar-refractivity contribution >= 4 is 27.5 Å². The minimum atomic E-state index is -0.213. The number of amides is 1. The number of anilines is 1. The van der Waals surface area contributed by atoms with E-state index in [4.69, 9.17) is 0 Å². The molecule has 6 heteroatoms. The number of rotatable bonds is 2. The van der Waals surface area contributed by atoms with Crippen LogP contribution in [0.3, 0.4) is 0 Å². The van der Waals surface area contributed by atoms with Gasteiger partial charge < -0.3 is 5.32 Å². The molecule has 0 radical (unpaired) electrons. The summed E-state index contributed by atoms with van der Waals surface area (Å²) in [5, 5.41) is 10.6. The van der Waals surface area contributed by atoms with Crippen LogP contribution in [-0.2, 0) is 0 Å². The SMILES string of the molecule is Cc1cc(C(=O)Nc2ccc(Br)nc2)c(C)nn1. The average Bonchev–Trinajstić information content (AvgIpc) is 2.35. The fourth-order valence-electron chi connectivity index (χ4n) is 1.43. The second-order valence-corrected chi connectivity index (χ2v) is 4.62. The van der Waals surface area contributed by atoms with Gasteiger partial charge in [0.15, 0.2) is 0 Å². The van der Waals surface area contributed by atoms with Crippen LogP contribution < -0.4 is 5.32 Å². The van der Waals surface area contributed by atoms with Gasteiger partial charge in [0.1, 0.15) is 4.60 Å². The van der Waals surface area contributed by atoms with Crippen molar-refractivity contribution in [3.63, 3.8) is 0 Å².